The number of carbonyl (C=O) groups excluding carboxylic acids is 2. The molecule has 24 heavy (non-hydrogen) atoms. The molecular weight excluding hydrogens is 304 g/mol. The number of rotatable bonds is 6. The average Bonchev–Trinajstić information content (AvgIpc) is 2.60. The van der Waals surface area contributed by atoms with Gasteiger partial charge in [0.25, 0.3) is 5.91 Å². The number of anilines is 1. The van der Waals surface area contributed by atoms with E-state index in [9.17, 15) is 9.59 Å². The highest BCUT2D eigenvalue weighted by Gasteiger charge is 2.14. The van der Waals surface area contributed by atoms with Crippen molar-refractivity contribution in [3.8, 4) is 0 Å². The maximum absolute atomic E-state index is 12.0. The van der Waals surface area contributed by atoms with Crippen molar-refractivity contribution >= 4 is 17.6 Å². The molecule has 5 heteroatoms. The lowest BCUT2D eigenvalue weighted by Gasteiger charge is -2.13. The van der Waals surface area contributed by atoms with Crippen molar-refractivity contribution in [1.82, 2.24) is 5.32 Å². The van der Waals surface area contributed by atoms with E-state index in [1.165, 1.54) is 0 Å². The minimum Gasteiger partial charge on any atom is -0.452 e. The second kappa shape index (κ2) is 8.15. The molecule has 0 aliphatic rings. The topological polar surface area (TPSA) is 81.4 Å². The first-order valence-electron chi connectivity index (χ1n) is 7.83. The van der Waals surface area contributed by atoms with Gasteiger partial charge in [-0.3, -0.25) is 4.79 Å². The summed E-state index contributed by atoms with van der Waals surface area (Å²) in [7, 11) is 0. The molecule has 0 saturated heterocycles. The molecule has 1 amide bonds. The van der Waals surface area contributed by atoms with Crippen molar-refractivity contribution < 1.29 is 14.3 Å². The molecule has 126 valence electrons. The fourth-order valence-electron chi connectivity index (χ4n) is 2.28. The predicted molar refractivity (Wildman–Crippen MR) is 93.7 cm³/mol. The summed E-state index contributed by atoms with van der Waals surface area (Å²) < 4.78 is 5.03. The maximum Gasteiger partial charge on any atom is 0.340 e. The average molecular weight is 326 g/mol. The Kier molecular flexibility index (Phi) is 5.95. The second-order valence-electron chi connectivity index (χ2n) is 5.73. The third kappa shape index (κ3) is 4.59. The summed E-state index contributed by atoms with van der Waals surface area (Å²) in [6.07, 6.45) is 0. The summed E-state index contributed by atoms with van der Waals surface area (Å²) in [6.45, 7) is 3.99. The van der Waals surface area contributed by atoms with Crippen LogP contribution in [0.2, 0.25) is 0 Å². The van der Waals surface area contributed by atoms with Crippen molar-refractivity contribution in [2.75, 3.05) is 18.9 Å². The Balaban J connectivity index is 1.81. The molecule has 2 aromatic carbocycles. The van der Waals surface area contributed by atoms with E-state index in [1.54, 1.807) is 12.1 Å². The Labute approximate surface area is 141 Å². The third-order valence-electron chi connectivity index (χ3n) is 3.85. The first-order chi connectivity index (χ1) is 11.5. The largest absolute Gasteiger partial charge is 0.452 e. The maximum atomic E-state index is 12.0. The Morgan fingerprint density at radius 2 is 1.83 bits per heavy atom. The molecule has 0 heterocycles. The standard InChI is InChI=1S/C19H22N2O3/c1-13-7-6-10-16(18(13)20)19(23)24-12-17(22)21-11-14(2)15-8-4-3-5-9-15/h3-10,14H,11-12,20H2,1-2H3,(H,21,22)/t14-/m0/s1. The number of nitrogens with one attached hydrogen (secondary N) is 1. The number of carbonyl (C=O) groups is 2. The molecule has 1 atom stereocenters. The van der Waals surface area contributed by atoms with Crippen molar-refractivity contribution in [3.05, 3.63) is 65.2 Å². The lowest BCUT2D eigenvalue weighted by atomic mass is 10.0. The van der Waals surface area contributed by atoms with Gasteiger partial charge >= 0.3 is 5.97 Å². The summed E-state index contributed by atoms with van der Waals surface area (Å²) in [5.41, 5.74) is 8.44. The predicted octanol–water partition coefficient (Wildman–Crippen LogP) is 2.65. The molecule has 2 rings (SSSR count). The van der Waals surface area contributed by atoms with Gasteiger partial charge in [0.1, 0.15) is 0 Å². The van der Waals surface area contributed by atoms with Crippen LogP contribution in [0.3, 0.4) is 0 Å². The zero-order valence-corrected chi connectivity index (χ0v) is 13.9. The van der Waals surface area contributed by atoms with Crippen LogP contribution in [0.4, 0.5) is 5.69 Å². The molecule has 0 fully saturated rings. The van der Waals surface area contributed by atoms with E-state index in [1.807, 2.05) is 50.2 Å². The quantitative estimate of drug-likeness (QED) is 0.631. The van der Waals surface area contributed by atoms with E-state index < -0.39 is 5.97 Å². The van der Waals surface area contributed by atoms with Gasteiger partial charge in [-0.15, -0.1) is 0 Å². The molecule has 5 nitrogen and oxygen atoms in total. The molecule has 0 aliphatic heterocycles. The smallest absolute Gasteiger partial charge is 0.340 e. The highest BCUT2D eigenvalue weighted by Crippen LogP contribution is 2.17. The minimum atomic E-state index is -0.595. The number of hydrogen-bond acceptors (Lipinski definition) is 4. The third-order valence-corrected chi connectivity index (χ3v) is 3.85. The lowest BCUT2D eigenvalue weighted by molar-refractivity contribution is -0.124. The highest BCUT2D eigenvalue weighted by molar-refractivity contribution is 5.96. The number of benzene rings is 2. The van der Waals surface area contributed by atoms with Crippen molar-refractivity contribution in [2.24, 2.45) is 0 Å². The van der Waals surface area contributed by atoms with Gasteiger partial charge in [0.15, 0.2) is 6.61 Å². The molecule has 3 N–H and O–H groups in total. The second-order valence-corrected chi connectivity index (χ2v) is 5.73. The zero-order valence-electron chi connectivity index (χ0n) is 13.9. The van der Waals surface area contributed by atoms with Crippen LogP contribution in [0.5, 0.6) is 0 Å². The van der Waals surface area contributed by atoms with Gasteiger partial charge in [0.05, 0.1) is 5.56 Å². The van der Waals surface area contributed by atoms with Gasteiger partial charge in [0, 0.05) is 12.2 Å². The first kappa shape index (κ1) is 17.5. The van der Waals surface area contributed by atoms with Gasteiger partial charge in [-0.05, 0) is 30.0 Å². The van der Waals surface area contributed by atoms with Gasteiger partial charge in [0.2, 0.25) is 0 Å². The number of ether oxygens (including phenoxy) is 1. The molecular formula is C19H22N2O3. The molecule has 0 spiro atoms. The monoisotopic (exact) mass is 326 g/mol. The number of hydrogen-bond donors (Lipinski definition) is 2. The Morgan fingerprint density at radius 3 is 2.54 bits per heavy atom. The van der Waals surface area contributed by atoms with Gasteiger partial charge in [-0.25, -0.2) is 4.79 Å². The molecule has 0 bridgehead atoms. The van der Waals surface area contributed by atoms with Crippen molar-refractivity contribution in [1.29, 1.82) is 0 Å². The lowest BCUT2D eigenvalue weighted by Crippen LogP contribution is -2.31. The van der Waals surface area contributed by atoms with Crippen LogP contribution in [-0.4, -0.2) is 25.0 Å². The molecule has 0 aliphatic carbocycles. The summed E-state index contributed by atoms with van der Waals surface area (Å²) in [4.78, 5) is 23.8. The van der Waals surface area contributed by atoms with Crippen LogP contribution < -0.4 is 11.1 Å². The summed E-state index contributed by atoms with van der Waals surface area (Å²) in [5.74, 6) is -0.752. The normalized spacial score (nSPS) is 11.6. The fraction of sp³-hybridized carbons (Fsp3) is 0.263. The zero-order chi connectivity index (χ0) is 17.5. The number of para-hydroxylation sites is 1. The van der Waals surface area contributed by atoms with E-state index in [-0.39, 0.29) is 24.0 Å². The molecule has 0 aromatic heterocycles. The molecule has 0 radical (unpaired) electrons. The van der Waals surface area contributed by atoms with E-state index in [2.05, 4.69) is 5.32 Å². The number of amides is 1. The Bertz CT molecular complexity index is 714. The first-order valence-corrected chi connectivity index (χ1v) is 7.83. The van der Waals surface area contributed by atoms with Crippen molar-refractivity contribution in [2.45, 2.75) is 19.8 Å². The van der Waals surface area contributed by atoms with Gasteiger partial charge in [-0.1, -0.05) is 49.4 Å². The van der Waals surface area contributed by atoms with Gasteiger partial charge in [-0.2, -0.15) is 0 Å². The van der Waals surface area contributed by atoms with Crippen LogP contribution in [0.25, 0.3) is 0 Å². The number of aryl methyl sites for hydroxylation is 1. The van der Waals surface area contributed by atoms with Crippen molar-refractivity contribution in [3.63, 3.8) is 0 Å². The Morgan fingerprint density at radius 1 is 1.12 bits per heavy atom. The van der Waals surface area contributed by atoms with Crippen LogP contribution in [0.15, 0.2) is 48.5 Å². The van der Waals surface area contributed by atoms with E-state index in [0.717, 1.165) is 11.1 Å². The minimum absolute atomic E-state index is 0.179. The van der Waals surface area contributed by atoms with E-state index in [0.29, 0.717) is 12.2 Å². The number of nitrogens with two attached hydrogens (primary N) is 1. The highest BCUT2D eigenvalue weighted by atomic mass is 16.5. The molecule has 0 saturated carbocycles. The van der Waals surface area contributed by atoms with E-state index >= 15 is 0 Å². The summed E-state index contributed by atoms with van der Waals surface area (Å²) >= 11 is 0. The fourth-order valence-corrected chi connectivity index (χ4v) is 2.28. The number of esters is 1. The van der Waals surface area contributed by atoms with Gasteiger partial charge < -0.3 is 15.8 Å². The summed E-state index contributed by atoms with van der Waals surface area (Å²) in [6, 6.07) is 15.0. The van der Waals surface area contributed by atoms with Crippen LogP contribution in [0.1, 0.15) is 34.3 Å². The Hall–Kier alpha value is -2.82. The molecule has 0 unspecified atom stereocenters. The molecule has 2 aromatic rings. The van der Waals surface area contributed by atoms with Crippen LogP contribution in [0, 0.1) is 6.92 Å². The SMILES string of the molecule is Cc1cccc(C(=O)OCC(=O)NC[C@H](C)c2ccccc2)c1N. The van der Waals surface area contributed by atoms with E-state index in [4.69, 9.17) is 10.5 Å². The number of nitrogen functional groups attached to an aromatic ring is 1. The van der Waals surface area contributed by atoms with Crippen LogP contribution >= 0.6 is 0 Å². The summed E-state index contributed by atoms with van der Waals surface area (Å²) in [5, 5.41) is 2.77. The van der Waals surface area contributed by atoms with Crippen LogP contribution in [-0.2, 0) is 9.53 Å².